The molecule has 0 bridgehead atoms. The number of halogens is 2. The quantitative estimate of drug-likeness (QED) is 0.846. The van der Waals surface area contributed by atoms with Crippen LogP contribution in [-0.4, -0.2) is 6.54 Å². The Morgan fingerprint density at radius 2 is 2.00 bits per heavy atom. The summed E-state index contributed by atoms with van der Waals surface area (Å²) in [6, 6.07) is 7.25. The lowest BCUT2D eigenvalue weighted by atomic mass is 9.98. The maximum absolute atomic E-state index is 14.0. The molecule has 1 saturated carbocycles. The van der Waals surface area contributed by atoms with Crippen LogP contribution in [0.3, 0.4) is 0 Å². The number of benzene rings is 1. The molecule has 1 saturated heterocycles. The van der Waals surface area contributed by atoms with Crippen molar-refractivity contribution in [3.8, 4) is 0 Å². The minimum Gasteiger partial charge on any atom is -0.310 e. The Balaban J connectivity index is 1.87. The van der Waals surface area contributed by atoms with Crippen molar-refractivity contribution in [2.24, 2.45) is 5.92 Å². The Morgan fingerprint density at radius 1 is 1.18 bits per heavy atom. The molecule has 1 N–H and O–H groups in total. The van der Waals surface area contributed by atoms with Gasteiger partial charge in [0.1, 0.15) is 0 Å². The van der Waals surface area contributed by atoms with Gasteiger partial charge in [-0.05, 0) is 43.9 Å². The lowest BCUT2D eigenvalue weighted by molar-refractivity contribution is -0.0286. The average Bonchev–Trinajstić information content (AvgIpc) is 3.06. The molecular weight excluding hydrogens is 220 g/mol. The van der Waals surface area contributed by atoms with Crippen LogP contribution in [0.5, 0.6) is 0 Å². The lowest BCUT2D eigenvalue weighted by Gasteiger charge is -2.18. The fraction of sp³-hybridized carbons (Fsp3) is 0.571. The van der Waals surface area contributed by atoms with E-state index in [1.54, 1.807) is 18.2 Å². The topological polar surface area (TPSA) is 12.0 Å². The van der Waals surface area contributed by atoms with E-state index in [9.17, 15) is 8.78 Å². The molecule has 1 aromatic rings. The maximum Gasteiger partial charge on any atom is 0.276 e. The molecule has 1 aromatic carbocycles. The van der Waals surface area contributed by atoms with Crippen molar-refractivity contribution in [3.63, 3.8) is 0 Å². The summed E-state index contributed by atoms with van der Waals surface area (Å²) in [7, 11) is 0. The van der Waals surface area contributed by atoms with Crippen molar-refractivity contribution < 1.29 is 8.78 Å². The minimum absolute atomic E-state index is 0.200. The standard InChI is InChI=1S/C14H17F2N/c15-14(16,11-6-7-11)12-4-1-3-10(9-12)13-5-2-8-17-13/h1,3-4,9,11,13,17H,2,5-8H2. The summed E-state index contributed by atoms with van der Waals surface area (Å²) in [5, 5.41) is 3.35. The molecule has 1 nitrogen and oxygen atoms in total. The first-order chi connectivity index (χ1) is 8.18. The first-order valence-corrected chi connectivity index (χ1v) is 6.39. The number of hydrogen-bond donors (Lipinski definition) is 1. The Hall–Kier alpha value is -0.960. The lowest BCUT2D eigenvalue weighted by Crippen LogP contribution is -2.18. The highest BCUT2D eigenvalue weighted by Gasteiger charge is 2.47. The van der Waals surface area contributed by atoms with Crippen molar-refractivity contribution in [2.75, 3.05) is 6.54 Å². The number of alkyl halides is 2. The van der Waals surface area contributed by atoms with E-state index in [0.29, 0.717) is 12.8 Å². The van der Waals surface area contributed by atoms with Crippen molar-refractivity contribution in [3.05, 3.63) is 35.4 Å². The summed E-state index contributed by atoms with van der Waals surface area (Å²) < 4.78 is 28.0. The van der Waals surface area contributed by atoms with Gasteiger partial charge in [0.25, 0.3) is 5.92 Å². The molecule has 2 aliphatic rings. The SMILES string of the molecule is FC(F)(c1cccc(C2CCCN2)c1)C1CC1. The van der Waals surface area contributed by atoms with Gasteiger partial charge in [0.2, 0.25) is 0 Å². The second kappa shape index (κ2) is 4.05. The summed E-state index contributed by atoms with van der Waals surface area (Å²) in [5.74, 6) is -3.05. The first kappa shape index (κ1) is 11.1. The molecule has 1 aliphatic heterocycles. The summed E-state index contributed by atoms with van der Waals surface area (Å²) in [6.45, 7) is 0.994. The summed E-state index contributed by atoms with van der Waals surface area (Å²) in [4.78, 5) is 0. The van der Waals surface area contributed by atoms with E-state index in [1.165, 1.54) is 0 Å². The normalized spacial score (nSPS) is 25.2. The Bertz CT molecular complexity index is 406. The molecule has 0 radical (unpaired) electrons. The smallest absolute Gasteiger partial charge is 0.276 e. The van der Waals surface area contributed by atoms with E-state index in [2.05, 4.69) is 5.32 Å². The van der Waals surface area contributed by atoms with Crippen LogP contribution in [0.25, 0.3) is 0 Å². The van der Waals surface area contributed by atoms with Crippen molar-refractivity contribution in [1.82, 2.24) is 5.32 Å². The highest BCUT2D eigenvalue weighted by Crippen LogP contribution is 2.49. The predicted molar refractivity (Wildman–Crippen MR) is 63.0 cm³/mol. The molecule has 1 unspecified atom stereocenters. The zero-order valence-corrected chi connectivity index (χ0v) is 9.76. The molecule has 1 atom stereocenters. The van der Waals surface area contributed by atoms with Gasteiger partial charge >= 0.3 is 0 Å². The minimum atomic E-state index is -2.63. The van der Waals surface area contributed by atoms with Gasteiger partial charge in [-0.1, -0.05) is 18.2 Å². The number of hydrogen-bond acceptors (Lipinski definition) is 1. The van der Waals surface area contributed by atoms with Gasteiger partial charge in [0.05, 0.1) is 0 Å². The van der Waals surface area contributed by atoms with Crippen molar-refractivity contribution in [2.45, 2.75) is 37.6 Å². The number of rotatable bonds is 3. The molecule has 2 fully saturated rings. The van der Waals surface area contributed by atoms with Gasteiger partial charge in [-0.25, -0.2) is 8.78 Å². The van der Waals surface area contributed by atoms with Crippen LogP contribution in [0.1, 0.15) is 42.9 Å². The van der Waals surface area contributed by atoms with Gasteiger partial charge in [0, 0.05) is 17.5 Å². The fourth-order valence-electron chi connectivity index (χ4n) is 2.61. The van der Waals surface area contributed by atoms with Crippen molar-refractivity contribution in [1.29, 1.82) is 0 Å². The van der Waals surface area contributed by atoms with Crippen LogP contribution >= 0.6 is 0 Å². The molecule has 3 heteroatoms. The molecule has 1 heterocycles. The summed E-state index contributed by atoms with van der Waals surface area (Å²) in [5.41, 5.74) is 1.21. The van der Waals surface area contributed by atoms with Gasteiger partial charge in [-0.2, -0.15) is 0 Å². The molecule has 92 valence electrons. The van der Waals surface area contributed by atoms with Crippen LogP contribution in [0.4, 0.5) is 8.78 Å². The summed E-state index contributed by atoms with van der Waals surface area (Å²) >= 11 is 0. The largest absolute Gasteiger partial charge is 0.310 e. The molecule has 0 spiro atoms. The molecular formula is C14H17F2N. The molecule has 3 rings (SSSR count). The zero-order chi connectivity index (χ0) is 11.9. The molecule has 17 heavy (non-hydrogen) atoms. The second-order valence-electron chi connectivity index (χ2n) is 5.17. The van der Waals surface area contributed by atoms with Crippen LogP contribution < -0.4 is 5.32 Å². The monoisotopic (exact) mass is 237 g/mol. The zero-order valence-electron chi connectivity index (χ0n) is 9.76. The summed E-state index contributed by atoms with van der Waals surface area (Å²) in [6.07, 6.45) is 3.52. The van der Waals surface area contributed by atoms with E-state index in [0.717, 1.165) is 24.9 Å². The Kier molecular flexibility index (Phi) is 2.66. The third-order valence-corrected chi connectivity index (χ3v) is 3.82. The molecule has 0 amide bonds. The van der Waals surface area contributed by atoms with Gasteiger partial charge in [-0.3, -0.25) is 0 Å². The second-order valence-corrected chi connectivity index (χ2v) is 5.17. The highest BCUT2D eigenvalue weighted by molar-refractivity contribution is 5.30. The maximum atomic E-state index is 14.0. The van der Waals surface area contributed by atoms with E-state index < -0.39 is 11.8 Å². The van der Waals surface area contributed by atoms with Gasteiger partial charge < -0.3 is 5.32 Å². The van der Waals surface area contributed by atoms with Gasteiger partial charge in [-0.15, -0.1) is 0 Å². The molecule has 0 aromatic heterocycles. The number of nitrogens with one attached hydrogen (secondary N) is 1. The third kappa shape index (κ3) is 2.08. The van der Waals surface area contributed by atoms with Crippen LogP contribution in [0.15, 0.2) is 24.3 Å². The van der Waals surface area contributed by atoms with E-state index in [-0.39, 0.29) is 11.6 Å². The van der Waals surface area contributed by atoms with Crippen LogP contribution in [0.2, 0.25) is 0 Å². The molecule has 1 aliphatic carbocycles. The van der Waals surface area contributed by atoms with Gasteiger partial charge in [0.15, 0.2) is 0 Å². The van der Waals surface area contributed by atoms with E-state index in [1.807, 2.05) is 6.07 Å². The van der Waals surface area contributed by atoms with E-state index in [4.69, 9.17) is 0 Å². The first-order valence-electron chi connectivity index (χ1n) is 6.39. The Labute approximate surface area is 100 Å². The van der Waals surface area contributed by atoms with Crippen molar-refractivity contribution >= 4 is 0 Å². The highest BCUT2D eigenvalue weighted by atomic mass is 19.3. The predicted octanol–water partition coefficient (Wildman–Crippen LogP) is 3.61. The fourth-order valence-corrected chi connectivity index (χ4v) is 2.61. The van der Waals surface area contributed by atoms with Crippen LogP contribution in [-0.2, 0) is 5.92 Å². The Morgan fingerprint density at radius 3 is 2.65 bits per heavy atom. The third-order valence-electron chi connectivity index (χ3n) is 3.82. The van der Waals surface area contributed by atoms with Crippen LogP contribution in [0, 0.1) is 5.92 Å². The average molecular weight is 237 g/mol. The van der Waals surface area contributed by atoms with E-state index >= 15 is 0 Å².